The molecule has 4 N–H and O–H groups in total. The zero-order valence-corrected chi connectivity index (χ0v) is 11.1. The predicted octanol–water partition coefficient (Wildman–Crippen LogP) is 0.180. The van der Waals surface area contributed by atoms with E-state index in [2.05, 4.69) is 17.6 Å². The summed E-state index contributed by atoms with van der Waals surface area (Å²) >= 11 is 0. The van der Waals surface area contributed by atoms with Crippen LogP contribution in [-0.2, 0) is 9.59 Å². The summed E-state index contributed by atoms with van der Waals surface area (Å²) in [5.41, 5.74) is 5.42. The van der Waals surface area contributed by atoms with E-state index < -0.39 is 0 Å². The molecule has 1 rings (SSSR count). The summed E-state index contributed by atoms with van der Waals surface area (Å²) in [6.07, 6.45) is 4.74. The number of amides is 2. The third kappa shape index (κ3) is 4.91. The maximum atomic E-state index is 11.4. The van der Waals surface area contributed by atoms with Gasteiger partial charge in [0.1, 0.15) is 0 Å². The largest absolute Gasteiger partial charge is 0.354 e. The van der Waals surface area contributed by atoms with E-state index in [-0.39, 0.29) is 37.3 Å². The van der Waals surface area contributed by atoms with Crippen molar-refractivity contribution in [2.45, 2.75) is 32.6 Å². The molecule has 1 saturated carbocycles. The minimum absolute atomic E-state index is 0. The molecule has 0 spiro atoms. The average molecular weight is 264 g/mol. The predicted molar refractivity (Wildman–Crippen MR) is 68.9 cm³/mol. The molecule has 6 heteroatoms. The zero-order chi connectivity index (χ0) is 12.0. The van der Waals surface area contributed by atoms with E-state index in [1.165, 1.54) is 19.3 Å². The summed E-state index contributed by atoms with van der Waals surface area (Å²) in [7, 11) is 0. The molecule has 2 amide bonds. The highest BCUT2D eigenvalue weighted by Crippen LogP contribution is 2.42. The molecule has 0 bridgehead atoms. The van der Waals surface area contributed by atoms with Gasteiger partial charge in [0.05, 0.1) is 13.1 Å². The topological polar surface area (TPSA) is 84.2 Å². The molecule has 5 nitrogen and oxygen atoms in total. The minimum atomic E-state index is -0.302. The van der Waals surface area contributed by atoms with E-state index in [0.717, 1.165) is 13.0 Å². The van der Waals surface area contributed by atoms with Gasteiger partial charge >= 0.3 is 0 Å². The Kier molecular flexibility index (Phi) is 7.15. The molecule has 0 unspecified atom stereocenters. The molecule has 100 valence electrons. The third-order valence-electron chi connectivity index (χ3n) is 3.46. The van der Waals surface area contributed by atoms with Crippen LogP contribution >= 0.6 is 12.4 Å². The summed E-state index contributed by atoms with van der Waals surface area (Å²) in [5, 5.41) is 5.31. The quantitative estimate of drug-likeness (QED) is 0.639. The van der Waals surface area contributed by atoms with Crippen molar-refractivity contribution in [2.75, 3.05) is 19.6 Å². The number of carbonyl (C=O) groups excluding carboxylic acids is 2. The van der Waals surface area contributed by atoms with Crippen LogP contribution in [0.1, 0.15) is 32.6 Å². The molecule has 1 aliphatic rings. The Hall–Kier alpha value is -0.810. The zero-order valence-electron chi connectivity index (χ0n) is 10.3. The Bertz CT molecular complexity index is 262. The van der Waals surface area contributed by atoms with Crippen LogP contribution in [0.2, 0.25) is 0 Å². The molecule has 1 aliphatic carbocycles. The number of rotatable bonds is 6. The highest BCUT2D eigenvalue weighted by molar-refractivity contribution is 5.85. The first-order chi connectivity index (χ1) is 7.62. The van der Waals surface area contributed by atoms with Gasteiger partial charge in [-0.25, -0.2) is 0 Å². The average Bonchev–Trinajstić information content (AvgIpc) is 2.25. The highest BCUT2D eigenvalue weighted by Gasteiger charge is 2.35. The van der Waals surface area contributed by atoms with Gasteiger partial charge in [-0.2, -0.15) is 0 Å². The minimum Gasteiger partial charge on any atom is -0.354 e. The van der Waals surface area contributed by atoms with Gasteiger partial charge < -0.3 is 16.4 Å². The maximum Gasteiger partial charge on any atom is 0.239 e. The fraction of sp³-hybridized carbons (Fsp3) is 0.818. The Morgan fingerprint density at radius 3 is 2.29 bits per heavy atom. The molecule has 0 aromatic heterocycles. The third-order valence-corrected chi connectivity index (χ3v) is 3.46. The van der Waals surface area contributed by atoms with Gasteiger partial charge in [-0.3, -0.25) is 9.59 Å². The molecule has 0 aromatic rings. The summed E-state index contributed by atoms with van der Waals surface area (Å²) in [6, 6.07) is 0. The smallest absolute Gasteiger partial charge is 0.239 e. The lowest BCUT2D eigenvalue weighted by atomic mass is 9.67. The monoisotopic (exact) mass is 263 g/mol. The summed E-state index contributed by atoms with van der Waals surface area (Å²) < 4.78 is 0. The maximum absolute atomic E-state index is 11.4. The first-order valence-electron chi connectivity index (χ1n) is 5.85. The van der Waals surface area contributed by atoms with Crippen molar-refractivity contribution < 1.29 is 9.59 Å². The van der Waals surface area contributed by atoms with Crippen LogP contribution in [0.15, 0.2) is 0 Å². The van der Waals surface area contributed by atoms with E-state index in [0.29, 0.717) is 5.41 Å². The molecule has 0 aliphatic heterocycles. The second-order valence-electron chi connectivity index (χ2n) is 4.46. The van der Waals surface area contributed by atoms with Crippen molar-refractivity contribution in [3.05, 3.63) is 0 Å². The lowest BCUT2D eigenvalue weighted by Crippen LogP contribution is -2.45. The Morgan fingerprint density at radius 1 is 1.24 bits per heavy atom. The molecule has 0 aromatic carbocycles. The van der Waals surface area contributed by atoms with Crippen LogP contribution in [0.4, 0.5) is 0 Å². The SMILES string of the molecule is CCC1(CNC(=O)CNC(=O)CN)CCC1.Cl. The van der Waals surface area contributed by atoms with Crippen molar-refractivity contribution in [1.82, 2.24) is 10.6 Å². The van der Waals surface area contributed by atoms with Gasteiger partial charge in [-0.1, -0.05) is 13.3 Å². The number of nitrogens with one attached hydrogen (secondary N) is 2. The van der Waals surface area contributed by atoms with E-state index in [9.17, 15) is 9.59 Å². The van der Waals surface area contributed by atoms with E-state index in [1.54, 1.807) is 0 Å². The van der Waals surface area contributed by atoms with Crippen LogP contribution in [-0.4, -0.2) is 31.4 Å². The second-order valence-corrected chi connectivity index (χ2v) is 4.46. The van der Waals surface area contributed by atoms with Crippen LogP contribution in [0.5, 0.6) is 0 Å². The number of hydrogen-bond acceptors (Lipinski definition) is 3. The fourth-order valence-electron chi connectivity index (χ4n) is 1.93. The fourth-order valence-corrected chi connectivity index (χ4v) is 1.93. The molecule has 0 atom stereocenters. The first-order valence-corrected chi connectivity index (χ1v) is 5.85. The van der Waals surface area contributed by atoms with Crippen LogP contribution in [0.25, 0.3) is 0 Å². The Balaban J connectivity index is 0.00000256. The summed E-state index contributed by atoms with van der Waals surface area (Å²) in [5.74, 6) is -0.439. The number of hydrogen-bond donors (Lipinski definition) is 3. The highest BCUT2D eigenvalue weighted by atomic mass is 35.5. The van der Waals surface area contributed by atoms with Crippen molar-refractivity contribution in [3.63, 3.8) is 0 Å². The second kappa shape index (κ2) is 7.50. The normalized spacial score (nSPS) is 16.4. The Morgan fingerprint density at radius 2 is 1.88 bits per heavy atom. The van der Waals surface area contributed by atoms with Gasteiger partial charge in [-0.05, 0) is 24.7 Å². The van der Waals surface area contributed by atoms with Crippen molar-refractivity contribution in [3.8, 4) is 0 Å². The van der Waals surface area contributed by atoms with Crippen LogP contribution in [0, 0.1) is 5.41 Å². The van der Waals surface area contributed by atoms with Gasteiger partial charge in [0.25, 0.3) is 0 Å². The van der Waals surface area contributed by atoms with Crippen LogP contribution < -0.4 is 16.4 Å². The van der Waals surface area contributed by atoms with E-state index in [4.69, 9.17) is 5.73 Å². The van der Waals surface area contributed by atoms with E-state index in [1.807, 2.05) is 0 Å². The Labute approximate surface area is 108 Å². The number of carbonyl (C=O) groups is 2. The lowest BCUT2D eigenvalue weighted by Gasteiger charge is -2.41. The summed E-state index contributed by atoms with van der Waals surface area (Å²) in [4.78, 5) is 22.2. The standard InChI is InChI=1S/C11H21N3O2.ClH/c1-2-11(4-3-5-11)8-14-10(16)7-13-9(15)6-12;/h2-8,12H2,1H3,(H,13,15)(H,14,16);1H. The summed E-state index contributed by atoms with van der Waals surface area (Å²) in [6.45, 7) is 2.82. The van der Waals surface area contributed by atoms with Gasteiger partial charge in [-0.15, -0.1) is 12.4 Å². The number of halogens is 1. The molecule has 1 fully saturated rings. The number of nitrogens with two attached hydrogens (primary N) is 1. The molecule has 0 radical (unpaired) electrons. The molecular formula is C11H22ClN3O2. The molecule has 0 saturated heterocycles. The van der Waals surface area contributed by atoms with Gasteiger partial charge in [0, 0.05) is 6.54 Å². The lowest BCUT2D eigenvalue weighted by molar-refractivity contribution is -0.125. The molecule has 0 heterocycles. The molecule has 17 heavy (non-hydrogen) atoms. The van der Waals surface area contributed by atoms with Gasteiger partial charge in [0.15, 0.2) is 0 Å². The molecular weight excluding hydrogens is 242 g/mol. The first kappa shape index (κ1) is 16.2. The van der Waals surface area contributed by atoms with Crippen molar-refractivity contribution in [2.24, 2.45) is 11.1 Å². The van der Waals surface area contributed by atoms with Gasteiger partial charge in [0.2, 0.25) is 11.8 Å². The van der Waals surface area contributed by atoms with E-state index >= 15 is 0 Å². The van der Waals surface area contributed by atoms with Crippen LogP contribution in [0.3, 0.4) is 0 Å². The van der Waals surface area contributed by atoms with Crippen molar-refractivity contribution in [1.29, 1.82) is 0 Å². The van der Waals surface area contributed by atoms with Crippen molar-refractivity contribution >= 4 is 24.2 Å².